The molecule has 0 aromatic heterocycles. The smallest absolute Gasteiger partial charge is 0.311 e. The van der Waals surface area contributed by atoms with Gasteiger partial charge in [-0.3, -0.25) is 19.7 Å². The average molecular weight is 357 g/mol. The molecule has 2 rings (SSSR count). The number of carboxylic acids is 1. The first-order valence-corrected chi connectivity index (χ1v) is 7.00. The van der Waals surface area contributed by atoms with Crippen molar-refractivity contribution in [1.82, 2.24) is 4.90 Å². The molecule has 1 aliphatic heterocycles. The Labute approximate surface area is 128 Å². The molecule has 1 N–H and O–H groups in total. The topological polar surface area (TPSA) is 101 Å². The van der Waals surface area contributed by atoms with E-state index in [1.165, 1.54) is 23.1 Å². The molecule has 1 aromatic rings. The van der Waals surface area contributed by atoms with Gasteiger partial charge in [0.15, 0.2) is 0 Å². The highest BCUT2D eigenvalue weighted by atomic mass is 79.9. The van der Waals surface area contributed by atoms with Crippen LogP contribution >= 0.6 is 15.9 Å². The van der Waals surface area contributed by atoms with E-state index >= 15 is 0 Å². The first kappa shape index (κ1) is 15.4. The number of hydrogen-bond acceptors (Lipinski definition) is 4. The predicted octanol–water partition coefficient (Wildman–Crippen LogP) is 2.29. The maximum atomic E-state index is 12.4. The molecule has 7 nitrogen and oxygen atoms in total. The van der Waals surface area contributed by atoms with E-state index in [1.807, 2.05) is 0 Å². The number of amides is 1. The molecule has 1 fully saturated rings. The number of benzene rings is 1. The zero-order valence-electron chi connectivity index (χ0n) is 11.2. The van der Waals surface area contributed by atoms with Crippen molar-refractivity contribution in [3.63, 3.8) is 0 Å². The standard InChI is InChI=1S/C13H13BrN2O5/c1-13(12(18)19)4-5-15(7-13)11(17)9-6-8(16(20)21)2-3-10(9)14/h2-3,6H,4-5,7H2,1H3,(H,18,19). The Kier molecular flexibility index (Phi) is 3.99. The van der Waals surface area contributed by atoms with Gasteiger partial charge < -0.3 is 10.0 Å². The molecule has 0 saturated carbocycles. The zero-order chi connectivity index (χ0) is 15.8. The van der Waals surface area contributed by atoms with Crippen molar-refractivity contribution in [3.05, 3.63) is 38.3 Å². The summed E-state index contributed by atoms with van der Waals surface area (Å²) in [6.45, 7) is 2.00. The lowest BCUT2D eigenvalue weighted by Gasteiger charge is -2.20. The van der Waals surface area contributed by atoms with E-state index in [2.05, 4.69) is 15.9 Å². The van der Waals surface area contributed by atoms with Crippen molar-refractivity contribution in [1.29, 1.82) is 0 Å². The van der Waals surface area contributed by atoms with Crippen molar-refractivity contribution in [3.8, 4) is 0 Å². The van der Waals surface area contributed by atoms with Crippen molar-refractivity contribution in [2.24, 2.45) is 5.41 Å². The summed E-state index contributed by atoms with van der Waals surface area (Å²) in [5.41, 5.74) is -0.983. The third kappa shape index (κ3) is 2.90. The summed E-state index contributed by atoms with van der Waals surface area (Å²) in [6.07, 6.45) is 0.362. The Morgan fingerprint density at radius 2 is 2.14 bits per heavy atom. The van der Waals surface area contributed by atoms with E-state index in [0.717, 1.165) is 0 Å². The van der Waals surface area contributed by atoms with Gasteiger partial charge in [-0.2, -0.15) is 0 Å². The molecule has 1 saturated heterocycles. The van der Waals surface area contributed by atoms with Gasteiger partial charge in [-0.15, -0.1) is 0 Å². The lowest BCUT2D eigenvalue weighted by molar-refractivity contribution is -0.384. The van der Waals surface area contributed by atoms with Gasteiger partial charge in [0.2, 0.25) is 0 Å². The van der Waals surface area contributed by atoms with Crippen molar-refractivity contribution < 1.29 is 19.6 Å². The molecule has 0 bridgehead atoms. The molecular weight excluding hydrogens is 344 g/mol. The Bertz CT molecular complexity index is 633. The fraction of sp³-hybridized carbons (Fsp3) is 0.385. The first-order valence-electron chi connectivity index (χ1n) is 6.21. The molecule has 1 atom stereocenters. The van der Waals surface area contributed by atoms with Gasteiger partial charge in [0, 0.05) is 29.7 Å². The molecule has 0 spiro atoms. The van der Waals surface area contributed by atoms with Crippen LogP contribution in [0.15, 0.2) is 22.7 Å². The highest BCUT2D eigenvalue weighted by molar-refractivity contribution is 9.10. The van der Waals surface area contributed by atoms with Gasteiger partial charge in [0.05, 0.1) is 15.9 Å². The number of carbonyl (C=O) groups excluding carboxylic acids is 1. The summed E-state index contributed by atoms with van der Waals surface area (Å²) in [6, 6.07) is 3.94. The van der Waals surface area contributed by atoms with Crippen molar-refractivity contribution in [2.45, 2.75) is 13.3 Å². The molecule has 1 unspecified atom stereocenters. The van der Waals surface area contributed by atoms with E-state index in [9.17, 15) is 24.8 Å². The molecule has 1 amide bonds. The molecule has 1 heterocycles. The zero-order valence-corrected chi connectivity index (χ0v) is 12.8. The van der Waals surface area contributed by atoms with Crippen LogP contribution in [-0.2, 0) is 4.79 Å². The molecule has 1 aromatic carbocycles. The fourth-order valence-corrected chi connectivity index (χ4v) is 2.69. The number of halogens is 1. The van der Waals surface area contributed by atoms with E-state index in [4.69, 9.17) is 0 Å². The number of nitro groups is 1. The molecule has 1 aliphatic rings. The highest BCUT2D eigenvalue weighted by Crippen LogP contribution is 2.32. The van der Waals surface area contributed by atoms with Crippen molar-refractivity contribution in [2.75, 3.05) is 13.1 Å². The fourth-order valence-electron chi connectivity index (χ4n) is 2.27. The van der Waals surface area contributed by atoms with Crippen LogP contribution in [0, 0.1) is 15.5 Å². The Balaban J connectivity index is 2.28. The Morgan fingerprint density at radius 1 is 1.48 bits per heavy atom. The predicted molar refractivity (Wildman–Crippen MR) is 77.1 cm³/mol. The number of rotatable bonds is 3. The average Bonchev–Trinajstić information content (AvgIpc) is 2.82. The summed E-state index contributed by atoms with van der Waals surface area (Å²) in [5.74, 6) is -1.36. The molecular formula is C13H13BrN2O5. The number of likely N-dealkylation sites (tertiary alicyclic amines) is 1. The minimum atomic E-state index is -0.969. The Hall–Kier alpha value is -1.96. The number of non-ortho nitro benzene ring substituents is 1. The second-order valence-electron chi connectivity index (χ2n) is 5.26. The molecule has 112 valence electrons. The van der Waals surface area contributed by atoms with Gasteiger partial charge in [0.1, 0.15) is 0 Å². The number of aliphatic carboxylic acids is 1. The van der Waals surface area contributed by atoms with Crippen molar-refractivity contribution >= 4 is 33.5 Å². The lowest BCUT2D eigenvalue weighted by Crippen LogP contribution is -2.35. The molecule has 0 radical (unpaired) electrons. The molecule has 8 heteroatoms. The third-order valence-corrected chi connectivity index (χ3v) is 4.36. The second-order valence-corrected chi connectivity index (χ2v) is 6.12. The van der Waals surface area contributed by atoms with Crippen LogP contribution in [0.5, 0.6) is 0 Å². The highest BCUT2D eigenvalue weighted by Gasteiger charge is 2.42. The summed E-state index contributed by atoms with van der Waals surface area (Å²) < 4.78 is 0.446. The number of nitrogens with zero attached hydrogens (tertiary/aromatic N) is 2. The maximum Gasteiger partial charge on any atom is 0.311 e. The van der Waals surface area contributed by atoms with E-state index in [-0.39, 0.29) is 17.8 Å². The van der Waals surface area contributed by atoms with Gasteiger partial charge in [-0.05, 0) is 35.3 Å². The van der Waals surface area contributed by atoms with Crippen LogP contribution in [0.25, 0.3) is 0 Å². The van der Waals surface area contributed by atoms with Crippen LogP contribution in [0.4, 0.5) is 5.69 Å². The molecule has 0 aliphatic carbocycles. The summed E-state index contributed by atoms with van der Waals surface area (Å²) >= 11 is 3.20. The van der Waals surface area contributed by atoms with Gasteiger partial charge >= 0.3 is 5.97 Å². The first-order chi connectivity index (χ1) is 9.74. The summed E-state index contributed by atoms with van der Waals surface area (Å²) in [5, 5.41) is 20.0. The second kappa shape index (κ2) is 5.44. The lowest BCUT2D eigenvalue weighted by atomic mass is 9.90. The maximum absolute atomic E-state index is 12.4. The van der Waals surface area contributed by atoms with Crippen LogP contribution in [-0.4, -0.2) is 39.9 Å². The number of nitro benzene ring substituents is 1. The minimum Gasteiger partial charge on any atom is -0.481 e. The Morgan fingerprint density at radius 3 is 2.67 bits per heavy atom. The summed E-state index contributed by atoms with van der Waals surface area (Å²) in [7, 11) is 0. The summed E-state index contributed by atoms with van der Waals surface area (Å²) in [4.78, 5) is 35.3. The largest absolute Gasteiger partial charge is 0.481 e. The number of carbonyl (C=O) groups is 2. The van der Waals surface area contributed by atoms with Crippen LogP contribution in [0.1, 0.15) is 23.7 Å². The number of carboxylic acid groups (broad SMARTS) is 1. The SMILES string of the molecule is CC1(C(=O)O)CCN(C(=O)c2cc([N+](=O)[O-])ccc2Br)C1. The number of hydrogen-bond donors (Lipinski definition) is 1. The normalized spacial score (nSPS) is 21.3. The van der Waals surface area contributed by atoms with Gasteiger partial charge in [-0.25, -0.2) is 0 Å². The van der Waals surface area contributed by atoms with E-state index in [1.54, 1.807) is 6.92 Å². The van der Waals surface area contributed by atoms with Crippen LogP contribution in [0.2, 0.25) is 0 Å². The monoisotopic (exact) mass is 356 g/mol. The van der Waals surface area contributed by atoms with Gasteiger partial charge in [0.25, 0.3) is 11.6 Å². The molecule has 21 heavy (non-hydrogen) atoms. The van der Waals surface area contributed by atoms with Gasteiger partial charge in [-0.1, -0.05) is 0 Å². The van der Waals surface area contributed by atoms with E-state index in [0.29, 0.717) is 17.4 Å². The third-order valence-electron chi connectivity index (χ3n) is 3.67. The van der Waals surface area contributed by atoms with Crippen LogP contribution < -0.4 is 0 Å². The minimum absolute atomic E-state index is 0.0936. The van der Waals surface area contributed by atoms with E-state index < -0.39 is 22.2 Å². The quantitative estimate of drug-likeness (QED) is 0.661. The van der Waals surface area contributed by atoms with Crippen LogP contribution in [0.3, 0.4) is 0 Å².